The molecule has 1 atom stereocenters. The Labute approximate surface area is 114 Å². The number of hydrogen-bond donors (Lipinski definition) is 1. The van der Waals surface area contributed by atoms with Crippen molar-refractivity contribution in [2.75, 3.05) is 12.8 Å². The number of nitrogens with zero attached hydrogens (tertiary/aromatic N) is 1. The van der Waals surface area contributed by atoms with Gasteiger partial charge in [0.05, 0.1) is 5.02 Å². The van der Waals surface area contributed by atoms with Gasteiger partial charge in [-0.05, 0) is 31.5 Å². The minimum Gasteiger partial charge on any atom is -0.399 e. The minimum atomic E-state index is -3.56. The zero-order valence-electron chi connectivity index (χ0n) is 10.9. The number of nitrogen functional groups attached to an aromatic ring is 1. The van der Waals surface area contributed by atoms with Crippen molar-refractivity contribution >= 4 is 27.3 Å². The van der Waals surface area contributed by atoms with Gasteiger partial charge in [0.15, 0.2) is 0 Å². The highest BCUT2D eigenvalue weighted by atomic mass is 35.5. The summed E-state index contributed by atoms with van der Waals surface area (Å²) in [5, 5.41) is 0.158. The van der Waals surface area contributed by atoms with Gasteiger partial charge in [-0.2, -0.15) is 4.31 Å². The fourth-order valence-corrected chi connectivity index (χ4v) is 3.63. The number of anilines is 1. The van der Waals surface area contributed by atoms with Crippen LogP contribution in [0.3, 0.4) is 0 Å². The topological polar surface area (TPSA) is 63.4 Å². The molecule has 0 saturated heterocycles. The molecule has 0 amide bonds. The van der Waals surface area contributed by atoms with Gasteiger partial charge < -0.3 is 5.73 Å². The van der Waals surface area contributed by atoms with Crippen molar-refractivity contribution in [1.29, 1.82) is 0 Å². The van der Waals surface area contributed by atoms with Crippen molar-refractivity contribution in [3.05, 3.63) is 23.2 Å². The lowest BCUT2D eigenvalue weighted by Crippen LogP contribution is -2.35. The van der Waals surface area contributed by atoms with Gasteiger partial charge in [-0.15, -0.1) is 0 Å². The second-order valence-electron chi connectivity index (χ2n) is 4.35. The lowest BCUT2D eigenvalue weighted by Gasteiger charge is -2.24. The van der Waals surface area contributed by atoms with Crippen LogP contribution in [0.5, 0.6) is 0 Å². The molecule has 102 valence electrons. The summed E-state index contributed by atoms with van der Waals surface area (Å²) in [4.78, 5) is 0.101. The van der Waals surface area contributed by atoms with E-state index in [9.17, 15) is 8.42 Å². The van der Waals surface area contributed by atoms with Crippen molar-refractivity contribution in [2.45, 2.75) is 37.6 Å². The molecule has 0 aliphatic rings. The van der Waals surface area contributed by atoms with Gasteiger partial charge in [-0.1, -0.05) is 24.9 Å². The number of halogens is 1. The van der Waals surface area contributed by atoms with Crippen LogP contribution in [0.25, 0.3) is 0 Å². The van der Waals surface area contributed by atoms with Gasteiger partial charge in [0, 0.05) is 18.8 Å². The second kappa shape index (κ2) is 5.91. The molecule has 1 aromatic carbocycles. The number of nitrogens with two attached hydrogens (primary N) is 1. The van der Waals surface area contributed by atoms with Crippen LogP contribution < -0.4 is 5.73 Å². The maximum absolute atomic E-state index is 12.4. The molecule has 0 aliphatic heterocycles. The van der Waals surface area contributed by atoms with Crippen LogP contribution >= 0.6 is 11.6 Å². The molecule has 0 heterocycles. The maximum atomic E-state index is 12.4. The normalized spacial score (nSPS) is 13.8. The van der Waals surface area contributed by atoms with E-state index in [0.717, 1.165) is 12.8 Å². The minimum absolute atomic E-state index is 0.0615. The molecule has 4 nitrogen and oxygen atoms in total. The van der Waals surface area contributed by atoms with Crippen LogP contribution in [0, 0.1) is 0 Å². The molecule has 1 rings (SSSR count). The second-order valence-corrected chi connectivity index (χ2v) is 6.72. The summed E-state index contributed by atoms with van der Waals surface area (Å²) in [6, 6.07) is 4.38. The first-order valence-electron chi connectivity index (χ1n) is 5.83. The Bertz CT molecular complexity index is 517. The van der Waals surface area contributed by atoms with Gasteiger partial charge in [0.25, 0.3) is 0 Å². The number of benzene rings is 1. The summed E-state index contributed by atoms with van der Waals surface area (Å²) >= 11 is 5.95. The fourth-order valence-electron chi connectivity index (χ4n) is 1.72. The molecule has 18 heavy (non-hydrogen) atoms. The monoisotopic (exact) mass is 290 g/mol. The van der Waals surface area contributed by atoms with E-state index in [1.807, 2.05) is 13.8 Å². The highest BCUT2D eigenvalue weighted by Crippen LogP contribution is 2.27. The number of sulfonamides is 1. The molecule has 2 N–H and O–H groups in total. The summed E-state index contributed by atoms with van der Waals surface area (Å²) in [5.74, 6) is 0. The smallest absolute Gasteiger partial charge is 0.244 e. The van der Waals surface area contributed by atoms with Gasteiger partial charge in [0.1, 0.15) is 4.90 Å². The molecule has 6 heteroatoms. The van der Waals surface area contributed by atoms with Crippen LogP contribution in [-0.2, 0) is 10.0 Å². The van der Waals surface area contributed by atoms with Crippen molar-refractivity contribution in [1.82, 2.24) is 4.31 Å². The van der Waals surface area contributed by atoms with Crippen LogP contribution in [0.4, 0.5) is 5.69 Å². The van der Waals surface area contributed by atoms with Crippen molar-refractivity contribution in [2.24, 2.45) is 0 Å². The van der Waals surface area contributed by atoms with Crippen molar-refractivity contribution in [3.8, 4) is 0 Å². The number of hydrogen-bond acceptors (Lipinski definition) is 3. The molecule has 0 fully saturated rings. The lowest BCUT2D eigenvalue weighted by molar-refractivity contribution is 0.369. The van der Waals surface area contributed by atoms with Crippen molar-refractivity contribution < 1.29 is 8.42 Å². The third kappa shape index (κ3) is 3.16. The third-order valence-corrected chi connectivity index (χ3v) is 5.39. The van der Waals surface area contributed by atoms with Crippen LogP contribution in [0.1, 0.15) is 26.7 Å². The highest BCUT2D eigenvalue weighted by Gasteiger charge is 2.26. The molecule has 1 aromatic rings. The Kier molecular flexibility index (Phi) is 5.01. The molecular formula is C12H19ClN2O2S. The van der Waals surface area contributed by atoms with Crippen LogP contribution in [0.2, 0.25) is 5.02 Å². The third-order valence-electron chi connectivity index (χ3n) is 2.94. The van der Waals surface area contributed by atoms with E-state index in [-0.39, 0.29) is 16.0 Å². The van der Waals surface area contributed by atoms with Gasteiger partial charge in [0.2, 0.25) is 10.0 Å². The maximum Gasteiger partial charge on any atom is 0.244 e. The summed E-state index contributed by atoms with van der Waals surface area (Å²) < 4.78 is 26.1. The summed E-state index contributed by atoms with van der Waals surface area (Å²) in [6.07, 6.45) is 1.73. The Balaban J connectivity index is 3.13. The largest absolute Gasteiger partial charge is 0.399 e. The Hall–Kier alpha value is -0.780. The highest BCUT2D eigenvalue weighted by molar-refractivity contribution is 7.89. The first-order valence-corrected chi connectivity index (χ1v) is 7.65. The molecule has 0 spiro atoms. The van der Waals surface area contributed by atoms with Gasteiger partial charge in [-0.3, -0.25) is 0 Å². The molecule has 0 bridgehead atoms. The van der Waals surface area contributed by atoms with E-state index in [2.05, 4.69) is 0 Å². The quantitative estimate of drug-likeness (QED) is 0.848. The fraction of sp³-hybridized carbons (Fsp3) is 0.500. The average molecular weight is 291 g/mol. The molecule has 1 unspecified atom stereocenters. The van der Waals surface area contributed by atoms with E-state index in [0.29, 0.717) is 5.69 Å². The SMILES string of the molecule is CCCC(C)N(C)S(=O)(=O)c1ccc(N)cc1Cl. The Morgan fingerprint density at radius 1 is 1.44 bits per heavy atom. The molecular weight excluding hydrogens is 272 g/mol. The van der Waals surface area contributed by atoms with Crippen molar-refractivity contribution in [3.63, 3.8) is 0 Å². The van der Waals surface area contributed by atoms with E-state index in [1.54, 1.807) is 7.05 Å². The Morgan fingerprint density at radius 3 is 2.56 bits per heavy atom. The van der Waals surface area contributed by atoms with Gasteiger partial charge in [-0.25, -0.2) is 8.42 Å². The van der Waals surface area contributed by atoms with Gasteiger partial charge >= 0.3 is 0 Å². The summed E-state index contributed by atoms with van der Waals surface area (Å²) in [7, 11) is -1.99. The predicted molar refractivity (Wildman–Crippen MR) is 75.2 cm³/mol. The average Bonchev–Trinajstić information content (AvgIpc) is 2.27. The van der Waals surface area contributed by atoms with E-state index >= 15 is 0 Å². The Morgan fingerprint density at radius 2 is 2.06 bits per heavy atom. The molecule has 0 radical (unpaired) electrons. The molecule has 0 aliphatic carbocycles. The molecule has 0 saturated carbocycles. The van der Waals surface area contributed by atoms with Crippen LogP contribution in [0.15, 0.2) is 23.1 Å². The zero-order valence-corrected chi connectivity index (χ0v) is 12.4. The summed E-state index contributed by atoms with van der Waals surface area (Å²) in [6.45, 7) is 3.90. The first-order chi connectivity index (χ1) is 8.30. The number of rotatable bonds is 5. The van der Waals surface area contributed by atoms with E-state index in [4.69, 9.17) is 17.3 Å². The predicted octanol–water partition coefficient (Wildman–Crippen LogP) is 2.73. The lowest BCUT2D eigenvalue weighted by atomic mass is 10.2. The molecule has 0 aromatic heterocycles. The first kappa shape index (κ1) is 15.3. The van der Waals surface area contributed by atoms with E-state index < -0.39 is 10.0 Å². The van der Waals surface area contributed by atoms with Crippen LogP contribution in [-0.4, -0.2) is 25.8 Å². The standard InChI is InChI=1S/C12H19ClN2O2S/c1-4-5-9(2)15(3)18(16,17)12-7-6-10(14)8-11(12)13/h6-9H,4-5,14H2,1-3H3. The zero-order chi connectivity index (χ0) is 13.9. The summed E-state index contributed by atoms with van der Waals surface area (Å²) in [5.41, 5.74) is 6.01. The van der Waals surface area contributed by atoms with E-state index in [1.165, 1.54) is 22.5 Å².